The third-order valence-electron chi connectivity index (χ3n) is 3.77. The van der Waals surface area contributed by atoms with Crippen LogP contribution < -0.4 is 5.32 Å². The van der Waals surface area contributed by atoms with Crippen molar-refractivity contribution in [1.82, 2.24) is 15.1 Å². The molecular weight excluding hydrogens is 227 g/mol. The molecule has 1 fully saturated rings. The number of hydrogen-bond donors (Lipinski definition) is 2. The van der Waals surface area contributed by atoms with Crippen molar-refractivity contribution in [3.8, 4) is 0 Å². The van der Waals surface area contributed by atoms with E-state index in [0.29, 0.717) is 5.82 Å². The topological polar surface area (TPSA) is 59.4 Å². The minimum atomic E-state index is -0.647. The van der Waals surface area contributed by atoms with E-state index in [2.05, 4.69) is 25.3 Å². The van der Waals surface area contributed by atoms with Gasteiger partial charge < -0.3 is 10.2 Å². The fourth-order valence-electron chi connectivity index (χ4n) is 2.34. The van der Waals surface area contributed by atoms with E-state index >= 15 is 0 Å². The Bertz CT molecular complexity index is 459. The van der Waals surface area contributed by atoms with Crippen molar-refractivity contribution in [2.45, 2.75) is 24.8 Å². The van der Waals surface area contributed by atoms with E-state index in [1.54, 1.807) is 19.0 Å². The number of hydrogen-bond acceptors (Lipinski definition) is 2. The maximum atomic E-state index is 12.1. The van der Waals surface area contributed by atoms with Crippen LogP contribution in [0.2, 0.25) is 5.82 Å². The van der Waals surface area contributed by atoms with Gasteiger partial charge in [0.05, 0.1) is 0 Å². The number of carbonyl (C=O) groups excluding carboxylic acids is 1. The fourth-order valence-corrected chi connectivity index (χ4v) is 2.34. The molecule has 5 nitrogen and oxygen atoms in total. The van der Waals surface area contributed by atoms with Crippen LogP contribution in [0.15, 0.2) is 23.8 Å². The van der Waals surface area contributed by atoms with Crippen LogP contribution in [0, 0.1) is 5.41 Å². The molecule has 0 spiro atoms. The zero-order valence-corrected chi connectivity index (χ0v) is 11.3. The molecule has 0 saturated carbocycles. The summed E-state index contributed by atoms with van der Waals surface area (Å²) < 4.78 is 0. The summed E-state index contributed by atoms with van der Waals surface area (Å²) in [7, 11) is 5.50. The number of amides is 2. The highest BCUT2D eigenvalue weighted by Gasteiger charge is 2.43. The molecule has 2 rings (SSSR count). The third kappa shape index (κ3) is 1.81. The maximum Gasteiger partial charge on any atom is 0.328 e. The molecule has 2 aliphatic rings. The number of rotatable bonds is 1. The number of carbonyl (C=O) groups is 1. The lowest BCUT2D eigenvalue weighted by atomic mass is 9.78. The monoisotopic (exact) mass is 246 g/mol. The van der Waals surface area contributed by atoms with Gasteiger partial charge in [0.2, 0.25) is 5.96 Å². The number of likely N-dealkylation sites (N-methyl/N-ethyl adjacent to an activating group) is 1. The highest BCUT2D eigenvalue weighted by molar-refractivity contribution is 6.13. The molecule has 1 saturated heterocycles. The number of nitrogens with one attached hydrogen (secondary N) is 2. The van der Waals surface area contributed by atoms with E-state index in [4.69, 9.17) is 5.41 Å². The summed E-state index contributed by atoms with van der Waals surface area (Å²) in [5.41, 5.74) is 0.390. The van der Waals surface area contributed by atoms with Crippen LogP contribution in [0.25, 0.3) is 0 Å². The van der Waals surface area contributed by atoms with Crippen molar-refractivity contribution in [2.75, 3.05) is 14.1 Å². The molecule has 96 valence electrons. The first kappa shape index (κ1) is 12.7. The van der Waals surface area contributed by atoms with E-state index in [-0.39, 0.29) is 12.0 Å². The Morgan fingerprint density at radius 2 is 2.22 bits per heavy atom. The lowest BCUT2D eigenvalue weighted by Gasteiger charge is -2.48. The summed E-state index contributed by atoms with van der Waals surface area (Å²) >= 11 is 0. The highest BCUT2D eigenvalue weighted by atomic mass is 16.2. The van der Waals surface area contributed by atoms with Gasteiger partial charge in [-0.25, -0.2) is 4.79 Å². The van der Waals surface area contributed by atoms with Gasteiger partial charge in [0, 0.05) is 14.1 Å². The molecule has 0 radical (unpaired) electrons. The second-order valence-electron chi connectivity index (χ2n) is 5.18. The molecule has 0 aromatic heterocycles. The fraction of sp³-hybridized carbons (Fsp3) is 0.500. The van der Waals surface area contributed by atoms with Crippen LogP contribution in [-0.2, 0) is 0 Å². The minimum Gasteiger partial charge on any atom is -0.329 e. The van der Waals surface area contributed by atoms with Gasteiger partial charge in [0.15, 0.2) is 0 Å². The molecule has 0 bridgehead atoms. The summed E-state index contributed by atoms with van der Waals surface area (Å²) in [6.45, 7) is 1.93. The molecular formula is C12H19BN4O. The number of guanidine groups is 1. The lowest BCUT2D eigenvalue weighted by molar-refractivity contribution is 0.122. The first-order valence-corrected chi connectivity index (χ1v) is 6.13. The number of urea groups is 1. The van der Waals surface area contributed by atoms with Gasteiger partial charge >= 0.3 is 6.03 Å². The number of allylic oxidation sites excluding steroid dienone is 2. The quantitative estimate of drug-likeness (QED) is 0.663. The van der Waals surface area contributed by atoms with Crippen LogP contribution >= 0.6 is 0 Å². The molecule has 2 unspecified atom stereocenters. The predicted molar refractivity (Wildman–Crippen MR) is 74.3 cm³/mol. The van der Waals surface area contributed by atoms with Crippen LogP contribution in [-0.4, -0.2) is 49.4 Å². The Balaban J connectivity index is 2.38. The molecule has 1 heterocycles. The van der Waals surface area contributed by atoms with E-state index < -0.39 is 5.66 Å². The summed E-state index contributed by atoms with van der Waals surface area (Å²) in [6, 6.07) is -0.172. The Labute approximate surface area is 108 Å². The van der Waals surface area contributed by atoms with Crippen LogP contribution in [0.4, 0.5) is 4.79 Å². The smallest absolute Gasteiger partial charge is 0.328 e. The van der Waals surface area contributed by atoms with Crippen LogP contribution in [0.3, 0.4) is 0 Å². The highest BCUT2D eigenvalue weighted by Crippen LogP contribution is 2.31. The van der Waals surface area contributed by atoms with Gasteiger partial charge in [-0.3, -0.25) is 10.3 Å². The normalized spacial score (nSPS) is 32.4. The van der Waals surface area contributed by atoms with Crippen molar-refractivity contribution >= 4 is 19.8 Å². The average Bonchev–Trinajstić information content (AvgIpc) is 2.34. The van der Waals surface area contributed by atoms with Gasteiger partial charge in [-0.15, -0.1) is 0 Å². The summed E-state index contributed by atoms with van der Waals surface area (Å²) in [5, 5.41) is 11.0. The average molecular weight is 246 g/mol. The van der Waals surface area contributed by atoms with Crippen molar-refractivity contribution in [3.63, 3.8) is 0 Å². The van der Waals surface area contributed by atoms with Crippen molar-refractivity contribution in [1.29, 1.82) is 5.41 Å². The molecule has 18 heavy (non-hydrogen) atoms. The Kier molecular flexibility index (Phi) is 2.96. The second kappa shape index (κ2) is 4.19. The second-order valence-corrected chi connectivity index (χ2v) is 5.18. The maximum absolute atomic E-state index is 12.1. The van der Waals surface area contributed by atoms with E-state index in [0.717, 1.165) is 12.0 Å². The molecule has 6 heteroatoms. The summed E-state index contributed by atoms with van der Waals surface area (Å²) in [4.78, 5) is 15.0. The molecule has 2 amide bonds. The Hall–Kier alpha value is -1.72. The SMILES string of the molecule is BC1C=C(C2(C)NC(=N)N(C)C(=O)N2C)C=CC1. The van der Waals surface area contributed by atoms with Gasteiger partial charge in [-0.2, -0.15) is 0 Å². The molecule has 2 N–H and O–H groups in total. The molecule has 1 aliphatic carbocycles. The lowest BCUT2D eigenvalue weighted by Crippen LogP contribution is -2.70. The van der Waals surface area contributed by atoms with E-state index in [1.165, 1.54) is 4.90 Å². The molecule has 1 aliphatic heterocycles. The van der Waals surface area contributed by atoms with Crippen LogP contribution in [0.5, 0.6) is 0 Å². The predicted octanol–water partition coefficient (Wildman–Crippen LogP) is 0.532. The zero-order valence-electron chi connectivity index (χ0n) is 11.3. The Morgan fingerprint density at radius 1 is 1.56 bits per heavy atom. The minimum absolute atomic E-state index is 0.133. The summed E-state index contributed by atoms with van der Waals surface area (Å²) in [5.74, 6) is 0.592. The van der Waals surface area contributed by atoms with Gasteiger partial charge in [0.25, 0.3) is 0 Å². The van der Waals surface area contributed by atoms with E-state index in [1.807, 2.05) is 13.0 Å². The zero-order chi connectivity index (χ0) is 13.5. The number of nitrogens with zero attached hydrogens (tertiary/aromatic N) is 2. The summed E-state index contributed by atoms with van der Waals surface area (Å²) in [6.07, 6.45) is 7.34. The third-order valence-corrected chi connectivity index (χ3v) is 3.77. The van der Waals surface area contributed by atoms with Crippen molar-refractivity contribution in [3.05, 3.63) is 23.8 Å². The Morgan fingerprint density at radius 3 is 2.83 bits per heavy atom. The van der Waals surface area contributed by atoms with Crippen molar-refractivity contribution < 1.29 is 4.79 Å². The van der Waals surface area contributed by atoms with Crippen LogP contribution in [0.1, 0.15) is 13.3 Å². The first-order valence-electron chi connectivity index (χ1n) is 6.13. The first-order chi connectivity index (χ1) is 8.36. The molecule has 0 aromatic carbocycles. The van der Waals surface area contributed by atoms with Gasteiger partial charge in [-0.05, 0) is 24.7 Å². The van der Waals surface area contributed by atoms with Crippen molar-refractivity contribution in [2.24, 2.45) is 0 Å². The standard InChI is InChI=1S/C12H19BN4O/c1-12(8-5-4-6-9(13)7-8)15-10(14)16(2)11(18)17(12)3/h4-5,7,9H,6,13H2,1-3H3,(H2,14,15). The van der Waals surface area contributed by atoms with Gasteiger partial charge in [-0.1, -0.05) is 18.2 Å². The largest absolute Gasteiger partial charge is 0.329 e. The molecule has 2 atom stereocenters. The molecule has 0 aromatic rings. The van der Waals surface area contributed by atoms with E-state index in [9.17, 15) is 4.79 Å². The van der Waals surface area contributed by atoms with Gasteiger partial charge in [0.1, 0.15) is 13.5 Å².